The fourth-order valence-electron chi connectivity index (χ4n) is 1.23. The average molecular weight is 249 g/mol. The fourth-order valence-corrected chi connectivity index (χ4v) is 1.89. The number of aromatic nitrogens is 1. The summed E-state index contributed by atoms with van der Waals surface area (Å²) in [5.74, 6) is -0.974. The summed E-state index contributed by atoms with van der Waals surface area (Å²) < 4.78 is 0. The molecule has 90 valence electrons. The van der Waals surface area contributed by atoms with Crippen LogP contribution < -0.4 is 0 Å². The van der Waals surface area contributed by atoms with Crippen LogP contribution in [0.25, 0.3) is 11.3 Å². The molecule has 1 aromatic heterocycles. The van der Waals surface area contributed by atoms with E-state index in [1.54, 1.807) is 5.38 Å². The van der Waals surface area contributed by atoms with Gasteiger partial charge in [-0.05, 0) is 6.92 Å². The number of thiazole rings is 1. The molecule has 17 heavy (non-hydrogen) atoms. The number of rotatable bonds is 2. The third kappa shape index (κ3) is 3.39. The van der Waals surface area contributed by atoms with Gasteiger partial charge in [0.2, 0.25) is 5.01 Å². The van der Waals surface area contributed by atoms with Crippen molar-refractivity contribution in [3.63, 3.8) is 0 Å². The predicted octanol–water partition coefficient (Wildman–Crippen LogP) is 3.84. The van der Waals surface area contributed by atoms with Gasteiger partial charge < -0.3 is 5.11 Å². The van der Waals surface area contributed by atoms with Gasteiger partial charge in [-0.3, -0.25) is 0 Å². The van der Waals surface area contributed by atoms with E-state index in [9.17, 15) is 4.79 Å². The first-order chi connectivity index (χ1) is 8.16. The lowest BCUT2D eigenvalue weighted by Gasteiger charge is -1.96. The maximum atomic E-state index is 10.6. The molecule has 0 saturated carbocycles. The molecule has 0 radical (unpaired) electrons. The van der Waals surface area contributed by atoms with E-state index in [-0.39, 0.29) is 5.01 Å². The van der Waals surface area contributed by atoms with Crippen LogP contribution in [-0.4, -0.2) is 16.1 Å². The van der Waals surface area contributed by atoms with Gasteiger partial charge in [0.1, 0.15) is 0 Å². The molecule has 0 saturated heterocycles. The van der Waals surface area contributed by atoms with Crippen molar-refractivity contribution in [1.29, 1.82) is 0 Å². The molecule has 0 fully saturated rings. The number of carboxylic acids is 1. The van der Waals surface area contributed by atoms with Gasteiger partial charge in [-0.15, -0.1) is 11.3 Å². The Bertz CT molecular complexity index is 488. The van der Waals surface area contributed by atoms with Crippen LogP contribution in [0.5, 0.6) is 0 Å². The molecule has 0 aliphatic heterocycles. The van der Waals surface area contributed by atoms with Crippen LogP contribution in [0, 0.1) is 6.92 Å². The SMILES string of the molecule is CC.Cc1ccc(-c2csc(C(=O)O)n2)cc1. The highest BCUT2D eigenvalue weighted by Crippen LogP contribution is 2.22. The van der Waals surface area contributed by atoms with Gasteiger partial charge in [0, 0.05) is 10.9 Å². The normalized spacial score (nSPS) is 9.35. The van der Waals surface area contributed by atoms with E-state index in [0.29, 0.717) is 0 Å². The van der Waals surface area contributed by atoms with Gasteiger partial charge in [0.25, 0.3) is 0 Å². The zero-order valence-electron chi connectivity index (χ0n) is 10.1. The van der Waals surface area contributed by atoms with E-state index in [0.717, 1.165) is 22.6 Å². The molecule has 2 aromatic rings. The first-order valence-corrected chi connectivity index (χ1v) is 6.30. The Hall–Kier alpha value is -1.68. The Kier molecular flexibility index (Phi) is 4.84. The lowest BCUT2D eigenvalue weighted by atomic mass is 10.1. The Balaban J connectivity index is 0.000000686. The lowest BCUT2D eigenvalue weighted by molar-refractivity contribution is 0.0696. The minimum absolute atomic E-state index is 0.130. The molecule has 3 nitrogen and oxygen atoms in total. The minimum Gasteiger partial charge on any atom is -0.476 e. The second-order valence-corrected chi connectivity index (χ2v) is 4.07. The third-order valence-corrected chi connectivity index (χ3v) is 2.86. The summed E-state index contributed by atoms with van der Waals surface area (Å²) >= 11 is 1.15. The third-order valence-electron chi connectivity index (χ3n) is 2.03. The Morgan fingerprint density at radius 2 is 1.82 bits per heavy atom. The minimum atomic E-state index is -0.974. The summed E-state index contributed by atoms with van der Waals surface area (Å²) in [5.41, 5.74) is 2.84. The van der Waals surface area contributed by atoms with Crippen LogP contribution in [0.15, 0.2) is 29.6 Å². The first-order valence-electron chi connectivity index (χ1n) is 5.42. The number of benzene rings is 1. The number of carboxylic acid groups (broad SMARTS) is 1. The summed E-state index contributed by atoms with van der Waals surface area (Å²) in [6.45, 7) is 6.01. The number of hydrogen-bond donors (Lipinski definition) is 1. The van der Waals surface area contributed by atoms with E-state index in [2.05, 4.69) is 4.98 Å². The molecule has 2 rings (SSSR count). The van der Waals surface area contributed by atoms with Gasteiger partial charge >= 0.3 is 5.97 Å². The average Bonchev–Trinajstić information content (AvgIpc) is 2.82. The number of nitrogens with zero attached hydrogens (tertiary/aromatic N) is 1. The second kappa shape index (κ2) is 6.15. The van der Waals surface area contributed by atoms with E-state index in [4.69, 9.17) is 5.11 Å². The van der Waals surface area contributed by atoms with Crippen molar-refractivity contribution >= 4 is 17.3 Å². The first kappa shape index (κ1) is 13.4. The van der Waals surface area contributed by atoms with Gasteiger partial charge in [-0.1, -0.05) is 43.7 Å². The zero-order chi connectivity index (χ0) is 12.8. The number of hydrogen-bond acceptors (Lipinski definition) is 3. The van der Waals surface area contributed by atoms with Crippen molar-refractivity contribution in [2.24, 2.45) is 0 Å². The van der Waals surface area contributed by atoms with Crippen molar-refractivity contribution < 1.29 is 9.90 Å². The van der Waals surface area contributed by atoms with E-state index >= 15 is 0 Å². The largest absolute Gasteiger partial charge is 0.476 e. The quantitative estimate of drug-likeness (QED) is 0.879. The van der Waals surface area contributed by atoms with E-state index in [1.807, 2.05) is 45.0 Å². The molecule has 1 heterocycles. The molecule has 0 unspecified atom stereocenters. The summed E-state index contributed by atoms with van der Waals surface area (Å²) in [7, 11) is 0. The molecule has 0 amide bonds. The molecular formula is C13H15NO2S. The monoisotopic (exact) mass is 249 g/mol. The van der Waals surface area contributed by atoms with Gasteiger partial charge in [-0.25, -0.2) is 9.78 Å². The van der Waals surface area contributed by atoms with Gasteiger partial charge in [0.05, 0.1) is 5.69 Å². The van der Waals surface area contributed by atoms with Crippen LogP contribution in [0.4, 0.5) is 0 Å². The maximum absolute atomic E-state index is 10.6. The Labute approximate surface area is 105 Å². The van der Waals surface area contributed by atoms with Gasteiger partial charge in [0.15, 0.2) is 0 Å². The van der Waals surface area contributed by atoms with Crippen LogP contribution in [0.2, 0.25) is 0 Å². The van der Waals surface area contributed by atoms with Crippen LogP contribution in [-0.2, 0) is 0 Å². The standard InChI is InChI=1S/C11H9NO2S.C2H6/c1-7-2-4-8(5-3-7)9-6-15-10(12-9)11(13)14;1-2/h2-6H,1H3,(H,13,14);1-2H3. The molecule has 0 atom stereocenters. The highest BCUT2D eigenvalue weighted by molar-refractivity contribution is 7.11. The molecule has 0 aliphatic carbocycles. The molecule has 4 heteroatoms. The smallest absolute Gasteiger partial charge is 0.365 e. The Morgan fingerprint density at radius 1 is 1.24 bits per heavy atom. The number of carbonyl (C=O) groups is 1. The maximum Gasteiger partial charge on any atom is 0.365 e. The van der Waals surface area contributed by atoms with Crippen LogP contribution in [0.1, 0.15) is 29.2 Å². The van der Waals surface area contributed by atoms with Crippen LogP contribution in [0.3, 0.4) is 0 Å². The van der Waals surface area contributed by atoms with Crippen molar-refractivity contribution in [1.82, 2.24) is 4.98 Å². The summed E-state index contributed by atoms with van der Waals surface area (Å²) in [6, 6.07) is 7.84. The highest BCUT2D eigenvalue weighted by Gasteiger charge is 2.09. The number of aryl methyl sites for hydroxylation is 1. The highest BCUT2D eigenvalue weighted by atomic mass is 32.1. The van der Waals surface area contributed by atoms with Crippen LogP contribution >= 0.6 is 11.3 Å². The topological polar surface area (TPSA) is 50.2 Å². The van der Waals surface area contributed by atoms with Crippen molar-refractivity contribution in [3.8, 4) is 11.3 Å². The van der Waals surface area contributed by atoms with E-state index < -0.39 is 5.97 Å². The summed E-state index contributed by atoms with van der Waals surface area (Å²) in [5, 5.41) is 10.6. The van der Waals surface area contributed by atoms with Crippen molar-refractivity contribution in [3.05, 3.63) is 40.2 Å². The summed E-state index contributed by atoms with van der Waals surface area (Å²) in [6.07, 6.45) is 0. The van der Waals surface area contributed by atoms with E-state index in [1.165, 1.54) is 5.56 Å². The Morgan fingerprint density at radius 3 is 2.29 bits per heavy atom. The zero-order valence-corrected chi connectivity index (χ0v) is 10.9. The molecular weight excluding hydrogens is 234 g/mol. The molecule has 1 N–H and O–H groups in total. The van der Waals surface area contributed by atoms with Crippen molar-refractivity contribution in [2.45, 2.75) is 20.8 Å². The fraction of sp³-hybridized carbons (Fsp3) is 0.231. The van der Waals surface area contributed by atoms with Crippen molar-refractivity contribution in [2.75, 3.05) is 0 Å². The molecule has 0 spiro atoms. The lowest BCUT2D eigenvalue weighted by Crippen LogP contribution is -1.94. The molecule has 1 aromatic carbocycles. The summed E-state index contributed by atoms with van der Waals surface area (Å²) in [4.78, 5) is 14.7. The second-order valence-electron chi connectivity index (χ2n) is 3.21. The van der Waals surface area contributed by atoms with Gasteiger partial charge in [-0.2, -0.15) is 0 Å². The molecule has 0 aliphatic rings. The number of aromatic carboxylic acids is 1. The molecule has 0 bridgehead atoms. The predicted molar refractivity (Wildman–Crippen MR) is 70.6 cm³/mol.